The fourth-order valence-electron chi connectivity index (χ4n) is 2.03. The van der Waals surface area contributed by atoms with E-state index >= 15 is 0 Å². The molecule has 0 aliphatic heterocycles. The molecule has 0 unspecified atom stereocenters. The first-order valence-corrected chi connectivity index (χ1v) is 5.72. The van der Waals surface area contributed by atoms with Crippen LogP contribution in [0.3, 0.4) is 0 Å². The Kier molecular flexibility index (Phi) is 3.46. The largest absolute Gasteiger partial charge is 0.507 e. The lowest BCUT2D eigenvalue weighted by atomic mass is 10.0. The number of benzene rings is 2. The van der Waals surface area contributed by atoms with Crippen molar-refractivity contribution < 1.29 is 19.4 Å². The van der Waals surface area contributed by atoms with Crippen LogP contribution in [0, 0.1) is 0 Å². The van der Waals surface area contributed by atoms with Crippen LogP contribution in [0.1, 0.15) is 10.4 Å². The van der Waals surface area contributed by atoms with Gasteiger partial charge in [-0.05, 0) is 24.3 Å². The van der Waals surface area contributed by atoms with Crippen molar-refractivity contribution in [3.8, 4) is 17.2 Å². The Hall–Kier alpha value is -2.43. The average molecular weight is 261 g/mol. The van der Waals surface area contributed by atoms with Crippen LogP contribution in [0.15, 0.2) is 24.3 Å². The number of rotatable bonds is 3. The highest BCUT2D eigenvalue weighted by atomic mass is 16.5. The van der Waals surface area contributed by atoms with Gasteiger partial charge in [0.05, 0.1) is 19.6 Å². The van der Waals surface area contributed by atoms with Gasteiger partial charge in [0.1, 0.15) is 17.2 Å². The lowest BCUT2D eigenvalue weighted by Gasteiger charge is -2.12. The topological polar surface area (TPSA) is 67.8 Å². The third kappa shape index (κ3) is 2.14. The summed E-state index contributed by atoms with van der Waals surface area (Å²) in [7, 11) is 4.59. The molecule has 0 aliphatic rings. The summed E-state index contributed by atoms with van der Waals surface area (Å²) in [5.41, 5.74) is 0.360. The van der Waals surface area contributed by atoms with Gasteiger partial charge in [0.25, 0.3) is 5.91 Å². The molecule has 0 saturated heterocycles. The smallest absolute Gasteiger partial charge is 0.251 e. The van der Waals surface area contributed by atoms with E-state index in [1.54, 1.807) is 18.2 Å². The Morgan fingerprint density at radius 3 is 2.37 bits per heavy atom. The summed E-state index contributed by atoms with van der Waals surface area (Å²) in [5.74, 6) is 0.794. The van der Waals surface area contributed by atoms with Gasteiger partial charge < -0.3 is 19.9 Å². The number of phenolic OH excluding ortho intramolecular Hbond substituents is 1. The van der Waals surface area contributed by atoms with E-state index in [0.717, 1.165) is 0 Å². The molecule has 2 rings (SSSR count). The molecule has 2 aromatic rings. The predicted molar refractivity (Wildman–Crippen MR) is 72.1 cm³/mol. The van der Waals surface area contributed by atoms with Gasteiger partial charge in [-0.1, -0.05) is 0 Å². The van der Waals surface area contributed by atoms with Gasteiger partial charge in [0, 0.05) is 18.0 Å². The number of hydrogen-bond acceptors (Lipinski definition) is 4. The quantitative estimate of drug-likeness (QED) is 0.885. The highest BCUT2D eigenvalue weighted by molar-refractivity contribution is 6.04. The van der Waals surface area contributed by atoms with E-state index in [4.69, 9.17) is 9.47 Å². The third-order valence-corrected chi connectivity index (χ3v) is 2.94. The molecule has 5 nitrogen and oxygen atoms in total. The third-order valence-electron chi connectivity index (χ3n) is 2.94. The van der Waals surface area contributed by atoms with Crippen molar-refractivity contribution >= 4 is 16.7 Å². The van der Waals surface area contributed by atoms with Crippen LogP contribution in [-0.2, 0) is 0 Å². The Labute approximate surface area is 110 Å². The molecule has 0 saturated carbocycles. The van der Waals surface area contributed by atoms with Crippen LogP contribution in [0.5, 0.6) is 17.2 Å². The van der Waals surface area contributed by atoms with Crippen molar-refractivity contribution in [2.24, 2.45) is 0 Å². The number of aromatic hydroxyl groups is 1. The van der Waals surface area contributed by atoms with Crippen LogP contribution < -0.4 is 14.8 Å². The predicted octanol–water partition coefficient (Wildman–Crippen LogP) is 1.92. The molecule has 1 amide bonds. The molecule has 0 aliphatic carbocycles. The first-order chi connectivity index (χ1) is 9.12. The van der Waals surface area contributed by atoms with E-state index in [1.165, 1.54) is 27.3 Å². The molecule has 0 radical (unpaired) electrons. The summed E-state index contributed by atoms with van der Waals surface area (Å²) < 4.78 is 10.5. The molecule has 0 bridgehead atoms. The van der Waals surface area contributed by atoms with E-state index in [-0.39, 0.29) is 11.7 Å². The lowest BCUT2D eigenvalue weighted by molar-refractivity contribution is 0.0963. The normalized spacial score (nSPS) is 10.3. The van der Waals surface area contributed by atoms with Crippen LogP contribution in [0.4, 0.5) is 0 Å². The maximum absolute atomic E-state index is 11.7. The van der Waals surface area contributed by atoms with E-state index < -0.39 is 0 Å². The number of phenols is 1. The minimum atomic E-state index is -0.276. The maximum atomic E-state index is 11.7. The van der Waals surface area contributed by atoms with Crippen LogP contribution in [-0.4, -0.2) is 32.3 Å². The van der Waals surface area contributed by atoms with E-state index in [9.17, 15) is 9.90 Å². The standard InChI is InChI=1S/C14H15NO4/c1-15-14(17)8-6-9-11(18-2)4-5-12(19-3)13(9)10(16)7-8/h4-7,16H,1-3H3,(H,15,17). The van der Waals surface area contributed by atoms with Gasteiger partial charge in [-0.15, -0.1) is 0 Å². The van der Waals surface area contributed by atoms with Crippen molar-refractivity contribution in [1.82, 2.24) is 5.32 Å². The first-order valence-electron chi connectivity index (χ1n) is 5.72. The summed E-state index contributed by atoms with van der Waals surface area (Å²) in [4.78, 5) is 11.7. The van der Waals surface area contributed by atoms with Crippen LogP contribution in [0.2, 0.25) is 0 Å². The summed E-state index contributed by atoms with van der Waals surface area (Å²) >= 11 is 0. The SMILES string of the molecule is CNC(=O)c1cc(O)c2c(OC)ccc(OC)c2c1. The summed E-state index contributed by atoms with van der Waals surface area (Å²) in [6.45, 7) is 0. The van der Waals surface area contributed by atoms with E-state index in [2.05, 4.69) is 5.32 Å². The van der Waals surface area contributed by atoms with Crippen molar-refractivity contribution in [3.05, 3.63) is 29.8 Å². The van der Waals surface area contributed by atoms with Crippen molar-refractivity contribution in [2.75, 3.05) is 21.3 Å². The monoisotopic (exact) mass is 261 g/mol. The van der Waals surface area contributed by atoms with Crippen molar-refractivity contribution in [2.45, 2.75) is 0 Å². The fourth-order valence-corrected chi connectivity index (χ4v) is 2.03. The van der Waals surface area contributed by atoms with Crippen molar-refractivity contribution in [3.63, 3.8) is 0 Å². The highest BCUT2D eigenvalue weighted by Gasteiger charge is 2.15. The number of amides is 1. The van der Waals surface area contributed by atoms with Gasteiger partial charge in [0.2, 0.25) is 0 Å². The Morgan fingerprint density at radius 1 is 1.16 bits per heavy atom. The molecule has 0 atom stereocenters. The number of carbonyl (C=O) groups excluding carboxylic acids is 1. The molecular weight excluding hydrogens is 246 g/mol. The lowest BCUT2D eigenvalue weighted by Crippen LogP contribution is -2.17. The summed E-state index contributed by atoms with van der Waals surface area (Å²) in [6, 6.07) is 6.51. The van der Waals surface area contributed by atoms with Crippen molar-refractivity contribution in [1.29, 1.82) is 0 Å². The van der Waals surface area contributed by atoms with Crippen LogP contribution in [0.25, 0.3) is 10.8 Å². The second kappa shape index (κ2) is 5.06. The molecule has 5 heteroatoms. The molecular formula is C14H15NO4. The Bertz CT molecular complexity index is 637. The highest BCUT2D eigenvalue weighted by Crippen LogP contribution is 2.39. The molecule has 2 N–H and O–H groups in total. The molecule has 0 fully saturated rings. The maximum Gasteiger partial charge on any atom is 0.251 e. The summed E-state index contributed by atoms with van der Waals surface area (Å²) in [5, 5.41) is 13.8. The Morgan fingerprint density at radius 2 is 1.79 bits per heavy atom. The molecule has 0 heterocycles. The molecule has 0 aromatic heterocycles. The first kappa shape index (κ1) is 13.0. The van der Waals surface area contributed by atoms with E-state index in [1.807, 2.05) is 0 Å². The summed E-state index contributed by atoms with van der Waals surface area (Å²) in [6.07, 6.45) is 0. The van der Waals surface area contributed by atoms with Gasteiger partial charge in [-0.3, -0.25) is 4.79 Å². The second-order valence-electron chi connectivity index (χ2n) is 3.97. The van der Waals surface area contributed by atoms with Gasteiger partial charge in [-0.25, -0.2) is 0 Å². The Balaban J connectivity index is 2.81. The number of ether oxygens (including phenoxy) is 2. The molecule has 19 heavy (non-hydrogen) atoms. The fraction of sp³-hybridized carbons (Fsp3) is 0.214. The zero-order valence-electron chi connectivity index (χ0n) is 11.0. The average Bonchev–Trinajstić information content (AvgIpc) is 2.44. The number of nitrogens with one attached hydrogen (secondary N) is 1. The minimum Gasteiger partial charge on any atom is -0.507 e. The number of fused-ring (bicyclic) bond motifs is 1. The van der Waals surface area contributed by atoms with Crippen LogP contribution >= 0.6 is 0 Å². The van der Waals surface area contributed by atoms with Gasteiger partial charge in [-0.2, -0.15) is 0 Å². The van der Waals surface area contributed by atoms with Gasteiger partial charge >= 0.3 is 0 Å². The number of hydrogen-bond donors (Lipinski definition) is 2. The molecule has 2 aromatic carbocycles. The second-order valence-corrected chi connectivity index (χ2v) is 3.97. The number of carbonyl (C=O) groups is 1. The molecule has 0 spiro atoms. The molecule has 100 valence electrons. The number of methoxy groups -OCH3 is 2. The zero-order chi connectivity index (χ0) is 14.0. The minimum absolute atomic E-state index is 0.0214. The zero-order valence-corrected chi connectivity index (χ0v) is 11.0. The van der Waals surface area contributed by atoms with E-state index in [0.29, 0.717) is 27.8 Å². The van der Waals surface area contributed by atoms with Gasteiger partial charge in [0.15, 0.2) is 0 Å².